The Bertz CT molecular complexity index is 946. The number of halogens is 1. The van der Waals surface area contributed by atoms with Gasteiger partial charge in [0.15, 0.2) is 0 Å². The molecule has 9 heteroatoms. The average molecular weight is 407 g/mol. The minimum atomic E-state index is -3.57. The van der Waals surface area contributed by atoms with Gasteiger partial charge in [0.1, 0.15) is 5.82 Å². The molecule has 2 aromatic rings. The molecule has 2 aromatic carbocycles. The third-order valence-corrected chi connectivity index (χ3v) is 4.94. The molecule has 0 fully saturated rings. The van der Waals surface area contributed by atoms with Crippen molar-refractivity contribution in [3.63, 3.8) is 0 Å². The predicted molar refractivity (Wildman–Crippen MR) is 107 cm³/mol. The topological polar surface area (TPSA) is 95.6 Å². The first-order valence-corrected chi connectivity index (χ1v) is 10.4. The Kier molecular flexibility index (Phi) is 7.11. The molecule has 0 aliphatic heterocycles. The summed E-state index contributed by atoms with van der Waals surface area (Å²) in [4.78, 5) is 23.2. The molecule has 0 radical (unpaired) electrons. The van der Waals surface area contributed by atoms with Gasteiger partial charge < -0.3 is 10.6 Å². The SMILES string of the molecule is CC(=O)Nc1cccc(NC(=O)CCCN(c2ccc(F)cc2)S(C)(=O)=O)c1. The van der Waals surface area contributed by atoms with Gasteiger partial charge in [0.05, 0.1) is 11.9 Å². The third kappa shape index (κ3) is 6.66. The second-order valence-corrected chi connectivity index (χ2v) is 8.13. The largest absolute Gasteiger partial charge is 0.326 e. The fourth-order valence-electron chi connectivity index (χ4n) is 2.58. The van der Waals surface area contributed by atoms with Crippen LogP contribution >= 0.6 is 0 Å². The number of hydrogen-bond acceptors (Lipinski definition) is 4. The number of benzene rings is 2. The van der Waals surface area contributed by atoms with Crippen molar-refractivity contribution in [3.8, 4) is 0 Å². The summed E-state index contributed by atoms with van der Waals surface area (Å²) in [6.07, 6.45) is 1.43. The molecule has 0 saturated heterocycles. The molecule has 2 amide bonds. The Hall–Kier alpha value is -2.94. The van der Waals surface area contributed by atoms with Gasteiger partial charge in [0, 0.05) is 31.3 Å². The molecule has 0 bridgehead atoms. The predicted octanol–water partition coefficient (Wildman–Crippen LogP) is 2.97. The van der Waals surface area contributed by atoms with Crippen LogP contribution in [0, 0.1) is 5.82 Å². The fourth-order valence-corrected chi connectivity index (χ4v) is 3.54. The lowest BCUT2D eigenvalue weighted by Gasteiger charge is -2.22. The zero-order valence-corrected chi connectivity index (χ0v) is 16.4. The lowest BCUT2D eigenvalue weighted by Crippen LogP contribution is -2.31. The summed E-state index contributed by atoms with van der Waals surface area (Å²) in [5, 5.41) is 5.33. The number of carbonyl (C=O) groups excluding carboxylic acids is 2. The van der Waals surface area contributed by atoms with Crippen molar-refractivity contribution in [1.29, 1.82) is 0 Å². The van der Waals surface area contributed by atoms with Crippen LogP contribution in [0.25, 0.3) is 0 Å². The molecule has 0 atom stereocenters. The number of nitrogens with one attached hydrogen (secondary N) is 2. The van der Waals surface area contributed by atoms with E-state index >= 15 is 0 Å². The number of carbonyl (C=O) groups is 2. The molecule has 0 aliphatic carbocycles. The van der Waals surface area contributed by atoms with E-state index < -0.39 is 15.8 Å². The van der Waals surface area contributed by atoms with E-state index in [2.05, 4.69) is 10.6 Å². The van der Waals surface area contributed by atoms with Crippen molar-refractivity contribution in [2.45, 2.75) is 19.8 Å². The lowest BCUT2D eigenvalue weighted by molar-refractivity contribution is -0.116. The zero-order chi connectivity index (χ0) is 20.7. The summed E-state index contributed by atoms with van der Waals surface area (Å²) in [5.74, 6) is -0.962. The van der Waals surface area contributed by atoms with Crippen molar-refractivity contribution in [1.82, 2.24) is 0 Å². The summed E-state index contributed by atoms with van der Waals surface area (Å²) in [7, 11) is -3.57. The summed E-state index contributed by atoms with van der Waals surface area (Å²) in [6.45, 7) is 1.48. The van der Waals surface area contributed by atoms with Crippen molar-refractivity contribution in [3.05, 3.63) is 54.3 Å². The lowest BCUT2D eigenvalue weighted by atomic mass is 10.2. The Morgan fingerprint density at radius 3 is 2.21 bits per heavy atom. The van der Waals surface area contributed by atoms with Gasteiger partial charge in [-0.1, -0.05) is 6.07 Å². The molecule has 0 aromatic heterocycles. The van der Waals surface area contributed by atoms with Crippen LogP contribution in [-0.2, 0) is 19.6 Å². The van der Waals surface area contributed by atoms with E-state index in [-0.39, 0.29) is 31.2 Å². The maximum Gasteiger partial charge on any atom is 0.232 e. The maximum absolute atomic E-state index is 13.1. The van der Waals surface area contributed by atoms with Gasteiger partial charge in [0.25, 0.3) is 0 Å². The van der Waals surface area contributed by atoms with Crippen molar-refractivity contribution < 1.29 is 22.4 Å². The van der Waals surface area contributed by atoms with Crippen LogP contribution in [0.5, 0.6) is 0 Å². The molecule has 2 N–H and O–H groups in total. The van der Waals surface area contributed by atoms with E-state index in [0.29, 0.717) is 17.1 Å². The van der Waals surface area contributed by atoms with Gasteiger partial charge in [-0.15, -0.1) is 0 Å². The number of anilines is 3. The minimum Gasteiger partial charge on any atom is -0.326 e. The standard InChI is InChI=1S/C19H22FN3O4S/c1-14(24)21-16-5-3-6-17(13-16)22-19(25)7-4-12-23(28(2,26)27)18-10-8-15(20)9-11-18/h3,5-6,8-11,13H,4,7,12H2,1-2H3,(H,21,24)(H,22,25). The van der Waals surface area contributed by atoms with Crippen LogP contribution in [0.2, 0.25) is 0 Å². The molecule has 150 valence electrons. The Morgan fingerprint density at radius 1 is 1.04 bits per heavy atom. The first-order valence-electron chi connectivity index (χ1n) is 8.56. The maximum atomic E-state index is 13.1. The van der Waals surface area contributed by atoms with E-state index in [1.165, 1.54) is 31.2 Å². The van der Waals surface area contributed by atoms with E-state index in [9.17, 15) is 22.4 Å². The number of nitrogens with zero attached hydrogens (tertiary/aromatic N) is 1. The molecule has 0 aliphatic rings. The Morgan fingerprint density at radius 2 is 1.64 bits per heavy atom. The quantitative estimate of drug-likeness (QED) is 0.703. The van der Waals surface area contributed by atoms with E-state index in [0.717, 1.165) is 10.6 Å². The van der Waals surface area contributed by atoms with E-state index in [4.69, 9.17) is 0 Å². The zero-order valence-electron chi connectivity index (χ0n) is 15.6. The Balaban J connectivity index is 1.94. The van der Waals surface area contributed by atoms with Gasteiger partial charge in [-0.25, -0.2) is 12.8 Å². The Labute approximate surface area is 163 Å². The van der Waals surface area contributed by atoms with Gasteiger partial charge in [0.2, 0.25) is 21.8 Å². The number of rotatable bonds is 8. The third-order valence-electron chi connectivity index (χ3n) is 3.75. The highest BCUT2D eigenvalue weighted by Gasteiger charge is 2.17. The average Bonchev–Trinajstić information content (AvgIpc) is 2.58. The second-order valence-electron chi connectivity index (χ2n) is 6.23. The van der Waals surface area contributed by atoms with Gasteiger partial charge in [-0.3, -0.25) is 13.9 Å². The van der Waals surface area contributed by atoms with Crippen LogP contribution in [0.15, 0.2) is 48.5 Å². The molecule has 28 heavy (non-hydrogen) atoms. The van der Waals surface area contributed by atoms with Crippen LogP contribution in [-0.4, -0.2) is 33.0 Å². The van der Waals surface area contributed by atoms with Gasteiger partial charge in [-0.05, 0) is 48.9 Å². The van der Waals surface area contributed by atoms with Crippen LogP contribution in [0.4, 0.5) is 21.5 Å². The summed E-state index contributed by atoms with van der Waals surface area (Å²) in [5.41, 5.74) is 1.42. The van der Waals surface area contributed by atoms with E-state index in [1.807, 2.05) is 0 Å². The summed E-state index contributed by atoms with van der Waals surface area (Å²) < 4.78 is 38.2. The molecular weight excluding hydrogens is 385 g/mol. The number of hydrogen-bond donors (Lipinski definition) is 2. The molecule has 0 spiro atoms. The van der Waals surface area contributed by atoms with Crippen LogP contribution in [0.1, 0.15) is 19.8 Å². The van der Waals surface area contributed by atoms with Gasteiger partial charge >= 0.3 is 0 Å². The molecule has 0 saturated carbocycles. The van der Waals surface area contributed by atoms with Crippen LogP contribution in [0.3, 0.4) is 0 Å². The first kappa shape index (κ1) is 21.4. The monoisotopic (exact) mass is 407 g/mol. The molecular formula is C19H22FN3O4S. The minimum absolute atomic E-state index is 0.0871. The fraction of sp³-hybridized carbons (Fsp3) is 0.263. The summed E-state index contributed by atoms with van der Waals surface area (Å²) >= 11 is 0. The summed E-state index contributed by atoms with van der Waals surface area (Å²) in [6, 6.07) is 11.8. The highest BCUT2D eigenvalue weighted by atomic mass is 32.2. The highest BCUT2D eigenvalue weighted by Crippen LogP contribution is 2.19. The van der Waals surface area contributed by atoms with Crippen molar-refractivity contribution >= 4 is 38.9 Å². The van der Waals surface area contributed by atoms with Crippen molar-refractivity contribution in [2.75, 3.05) is 27.7 Å². The smallest absolute Gasteiger partial charge is 0.232 e. The highest BCUT2D eigenvalue weighted by molar-refractivity contribution is 7.92. The molecule has 2 rings (SSSR count). The molecule has 7 nitrogen and oxygen atoms in total. The second kappa shape index (κ2) is 9.32. The van der Waals surface area contributed by atoms with Gasteiger partial charge in [-0.2, -0.15) is 0 Å². The van der Waals surface area contributed by atoms with Crippen molar-refractivity contribution in [2.24, 2.45) is 0 Å². The van der Waals surface area contributed by atoms with E-state index in [1.54, 1.807) is 24.3 Å². The normalized spacial score (nSPS) is 11.0. The first-order chi connectivity index (χ1) is 13.1. The molecule has 0 unspecified atom stereocenters. The molecule has 0 heterocycles. The number of amides is 2. The van der Waals surface area contributed by atoms with Crippen LogP contribution < -0.4 is 14.9 Å². The number of sulfonamides is 1.